The summed E-state index contributed by atoms with van der Waals surface area (Å²) in [4.78, 5) is 11.5. The van der Waals surface area contributed by atoms with Gasteiger partial charge < -0.3 is 5.32 Å². The third kappa shape index (κ3) is 4.40. The second kappa shape index (κ2) is 7.74. The molecule has 1 heterocycles. The van der Waals surface area contributed by atoms with E-state index in [4.69, 9.17) is 0 Å². The molecule has 0 aliphatic heterocycles. The summed E-state index contributed by atoms with van der Waals surface area (Å²) in [5.41, 5.74) is 2.62. The van der Waals surface area contributed by atoms with Crippen molar-refractivity contribution in [2.75, 3.05) is 18.4 Å². The number of nitrogens with zero attached hydrogens (tertiary/aromatic N) is 3. The largest absolute Gasteiger partial charge is 0.368 e. The highest BCUT2D eigenvalue weighted by molar-refractivity contribution is 5.46. The van der Waals surface area contributed by atoms with Gasteiger partial charge in [-0.2, -0.15) is 0 Å². The summed E-state index contributed by atoms with van der Waals surface area (Å²) in [7, 11) is 0. The molecule has 21 heavy (non-hydrogen) atoms. The Morgan fingerprint density at radius 2 is 1.76 bits per heavy atom. The van der Waals surface area contributed by atoms with Gasteiger partial charge in [0.2, 0.25) is 0 Å². The summed E-state index contributed by atoms with van der Waals surface area (Å²) in [6.07, 6.45) is 7.78. The Morgan fingerprint density at radius 3 is 2.48 bits per heavy atom. The van der Waals surface area contributed by atoms with Crippen LogP contribution in [-0.2, 0) is 12.8 Å². The molecular weight excluding hydrogens is 260 g/mol. The van der Waals surface area contributed by atoms with E-state index in [-0.39, 0.29) is 0 Å². The number of anilines is 1. The molecule has 0 fully saturated rings. The summed E-state index contributed by atoms with van der Waals surface area (Å²) in [6.45, 7) is 11.0. The van der Waals surface area contributed by atoms with Gasteiger partial charge in [-0.15, -0.1) is 0 Å². The van der Waals surface area contributed by atoms with Crippen LogP contribution in [0.25, 0.3) is 0 Å². The van der Waals surface area contributed by atoms with Gasteiger partial charge in [-0.1, -0.05) is 6.42 Å². The quantitative estimate of drug-likeness (QED) is 0.816. The normalized spacial score (nSPS) is 15.4. The zero-order valence-electron chi connectivity index (χ0n) is 14.0. The summed E-state index contributed by atoms with van der Waals surface area (Å²) in [5.74, 6) is 1.06. The van der Waals surface area contributed by atoms with Crippen LogP contribution in [0, 0.1) is 0 Å². The fourth-order valence-electron chi connectivity index (χ4n) is 3.27. The lowest BCUT2D eigenvalue weighted by molar-refractivity contribution is 0.182. The molecule has 1 N–H and O–H groups in total. The third-order valence-electron chi connectivity index (χ3n) is 4.36. The van der Waals surface area contributed by atoms with Crippen LogP contribution < -0.4 is 5.32 Å². The van der Waals surface area contributed by atoms with Crippen molar-refractivity contribution in [2.45, 2.75) is 71.9 Å². The van der Waals surface area contributed by atoms with E-state index in [1.165, 1.54) is 30.5 Å². The lowest BCUT2D eigenvalue weighted by Crippen LogP contribution is -2.40. The van der Waals surface area contributed by atoms with E-state index < -0.39 is 0 Å². The second-order valence-electron chi connectivity index (χ2n) is 6.56. The van der Waals surface area contributed by atoms with Crippen LogP contribution in [0.3, 0.4) is 0 Å². The molecule has 0 bridgehead atoms. The monoisotopic (exact) mass is 290 g/mol. The zero-order chi connectivity index (χ0) is 15.2. The first-order chi connectivity index (χ1) is 10.1. The Bertz CT molecular complexity index is 434. The predicted octanol–water partition coefficient (Wildman–Crippen LogP) is 3.28. The van der Waals surface area contributed by atoms with Crippen LogP contribution in [0.4, 0.5) is 5.82 Å². The molecule has 0 radical (unpaired) electrons. The van der Waals surface area contributed by atoms with Crippen LogP contribution in [-0.4, -0.2) is 40.0 Å². The van der Waals surface area contributed by atoms with E-state index in [1.54, 1.807) is 6.33 Å². The smallest absolute Gasteiger partial charge is 0.132 e. The number of nitrogens with one attached hydrogen (secondary N) is 1. The van der Waals surface area contributed by atoms with Crippen LogP contribution in [0.2, 0.25) is 0 Å². The molecule has 0 amide bonds. The molecule has 0 saturated heterocycles. The van der Waals surface area contributed by atoms with Crippen molar-refractivity contribution in [3.8, 4) is 0 Å². The van der Waals surface area contributed by atoms with Crippen LogP contribution in [0.5, 0.6) is 0 Å². The Kier molecular flexibility index (Phi) is 5.97. The highest BCUT2D eigenvalue weighted by Crippen LogP contribution is 2.23. The average molecular weight is 290 g/mol. The van der Waals surface area contributed by atoms with Gasteiger partial charge in [0.1, 0.15) is 12.1 Å². The molecule has 1 aromatic heterocycles. The predicted molar refractivity (Wildman–Crippen MR) is 88.8 cm³/mol. The summed E-state index contributed by atoms with van der Waals surface area (Å²) < 4.78 is 0. The van der Waals surface area contributed by atoms with Gasteiger partial charge in [0.05, 0.1) is 0 Å². The number of hydrogen-bond acceptors (Lipinski definition) is 4. The fourth-order valence-corrected chi connectivity index (χ4v) is 3.27. The molecule has 1 aliphatic carbocycles. The minimum atomic E-state index is 0.578. The summed E-state index contributed by atoms with van der Waals surface area (Å²) >= 11 is 0. The van der Waals surface area contributed by atoms with E-state index >= 15 is 0 Å². The second-order valence-corrected chi connectivity index (χ2v) is 6.56. The van der Waals surface area contributed by atoms with Crippen molar-refractivity contribution in [3.63, 3.8) is 0 Å². The topological polar surface area (TPSA) is 41.0 Å². The Hall–Kier alpha value is -1.16. The molecule has 1 aliphatic rings. The molecule has 0 unspecified atom stereocenters. The first-order valence-corrected chi connectivity index (χ1v) is 8.42. The maximum atomic E-state index is 4.48. The maximum absolute atomic E-state index is 4.48. The van der Waals surface area contributed by atoms with Gasteiger partial charge in [-0.05, 0) is 53.4 Å². The van der Waals surface area contributed by atoms with Crippen molar-refractivity contribution in [1.29, 1.82) is 0 Å². The van der Waals surface area contributed by atoms with Gasteiger partial charge in [0, 0.05) is 36.4 Å². The number of fused-ring (bicyclic) bond motifs is 1. The first kappa shape index (κ1) is 16.2. The highest BCUT2D eigenvalue weighted by Gasteiger charge is 2.16. The van der Waals surface area contributed by atoms with Crippen LogP contribution in [0.1, 0.15) is 58.2 Å². The molecule has 2 rings (SSSR count). The van der Waals surface area contributed by atoms with Crippen molar-refractivity contribution in [3.05, 3.63) is 17.6 Å². The molecule has 0 saturated carbocycles. The minimum absolute atomic E-state index is 0.578. The van der Waals surface area contributed by atoms with Crippen molar-refractivity contribution < 1.29 is 0 Å². The van der Waals surface area contributed by atoms with E-state index in [0.717, 1.165) is 31.7 Å². The molecule has 0 aromatic carbocycles. The van der Waals surface area contributed by atoms with Crippen LogP contribution >= 0.6 is 0 Å². The highest BCUT2D eigenvalue weighted by atomic mass is 15.2. The van der Waals surface area contributed by atoms with Crippen LogP contribution in [0.15, 0.2) is 6.33 Å². The van der Waals surface area contributed by atoms with E-state index in [1.807, 2.05) is 0 Å². The lowest BCUT2D eigenvalue weighted by atomic mass is 10.1. The molecule has 118 valence electrons. The number of hydrogen-bond donors (Lipinski definition) is 1. The lowest BCUT2D eigenvalue weighted by Gasteiger charge is -2.30. The molecular formula is C17H30N4. The SMILES string of the molecule is CC(C)N(CCNc1ncnc2c1CCCCC2)C(C)C. The van der Waals surface area contributed by atoms with Gasteiger partial charge >= 0.3 is 0 Å². The summed E-state index contributed by atoms with van der Waals surface area (Å²) in [6, 6.07) is 1.16. The van der Waals surface area contributed by atoms with Gasteiger partial charge in [0.15, 0.2) is 0 Å². The van der Waals surface area contributed by atoms with Gasteiger partial charge in [0.25, 0.3) is 0 Å². The molecule has 4 heteroatoms. The summed E-state index contributed by atoms with van der Waals surface area (Å²) in [5, 5.41) is 3.55. The van der Waals surface area contributed by atoms with E-state index in [2.05, 4.69) is 47.9 Å². The maximum Gasteiger partial charge on any atom is 0.132 e. The van der Waals surface area contributed by atoms with Crippen molar-refractivity contribution >= 4 is 5.82 Å². The van der Waals surface area contributed by atoms with E-state index in [9.17, 15) is 0 Å². The molecule has 1 aromatic rings. The number of rotatable bonds is 6. The first-order valence-electron chi connectivity index (χ1n) is 8.42. The van der Waals surface area contributed by atoms with E-state index in [0.29, 0.717) is 12.1 Å². The third-order valence-corrected chi connectivity index (χ3v) is 4.36. The molecule has 0 spiro atoms. The minimum Gasteiger partial charge on any atom is -0.368 e. The average Bonchev–Trinajstić information content (AvgIpc) is 2.68. The zero-order valence-corrected chi connectivity index (χ0v) is 14.0. The van der Waals surface area contributed by atoms with Crippen molar-refractivity contribution in [2.24, 2.45) is 0 Å². The van der Waals surface area contributed by atoms with Gasteiger partial charge in [-0.25, -0.2) is 9.97 Å². The number of aryl methyl sites for hydroxylation is 1. The Balaban J connectivity index is 1.97. The Labute approximate surface area is 129 Å². The fraction of sp³-hybridized carbons (Fsp3) is 0.765. The standard InChI is InChI=1S/C17H30N4/c1-13(2)21(14(3)4)11-10-18-17-15-8-6-5-7-9-16(15)19-12-20-17/h12-14H,5-11H2,1-4H3,(H,18,19,20). The van der Waals surface area contributed by atoms with Gasteiger partial charge in [-0.3, -0.25) is 4.90 Å². The molecule has 0 atom stereocenters. The van der Waals surface area contributed by atoms with Crippen molar-refractivity contribution in [1.82, 2.24) is 14.9 Å². The Morgan fingerprint density at radius 1 is 1.05 bits per heavy atom. The number of aromatic nitrogens is 2. The molecule has 4 nitrogen and oxygen atoms in total.